The van der Waals surface area contributed by atoms with Crippen molar-refractivity contribution in [2.24, 2.45) is 4.99 Å². The topological polar surface area (TPSA) is 51.8 Å². The first kappa shape index (κ1) is 10.8. The lowest BCUT2D eigenvalue weighted by Crippen LogP contribution is -2.17. The summed E-state index contributed by atoms with van der Waals surface area (Å²) in [6.07, 6.45) is 2.01. The van der Waals surface area contributed by atoms with Crippen LogP contribution in [0.1, 0.15) is 11.3 Å². The molecule has 1 aliphatic heterocycles. The molecule has 1 aromatic carbocycles. The standard InChI is InChI=1S/C14H11NO3/c16-14-12(9-11-7-4-8-17-11)15-13(18-14)10-5-2-1-3-6-10/h1-8,12H,9H2. The van der Waals surface area contributed by atoms with Crippen molar-refractivity contribution in [3.05, 3.63) is 60.1 Å². The zero-order chi connectivity index (χ0) is 12.4. The van der Waals surface area contributed by atoms with Crippen LogP contribution in [-0.2, 0) is 16.0 Å². The maximum atomic E-state index is 11.7. The monoisotopic (exact) mass is 241 g/mol. The summed E-state index contributed by atoms with van der Waals surface area (Å²) < 4.78 is 10.4. The molecule has 1 aliphatic rings. The summed E-state index contributed by atoms with van der Waals surface area (Å²) in [5.74, 6) is 0.789. The van der Waals surface area contributed by atoms with E-state index in [-0.39, 0.29) is 5.97 Å². The van der Waals surface area contributed by atoms with E-state index in [1.54, 1.807) is 12.3 Å². The highest BCUT2D eigenvalue weighted by atomic mass is 16.6. The minimum absolute atomic E-state index is 0.328. The van der Waals surface area contributed by atoms with Crippen LogP contribution in [0.15, 0.2) is 58.1 Å². The van der Waals surface area contributed by atoms with Crippen molar-refractivity contribution in [2.75, 3.05) is 0 Å². The summed E-state index contributed by atoms with van der Waals surface area (Å²) in [6.45, 7) is 0. The molecule has 4 heteroatoms. The number of benzene rings is 1. The third kappa shape index (κ3) is 2.05. The number of furan rings is 1. The van der Waals surface area contributed by atoms with Gasteiger partial charge in [0, 0.05) is 12.0 Å². The molecule has 0 aliphatic carbocycles. The van der Waals surface area contributed by atoms with E-state index in [2.05, 4.69) is 4.99 Å². The van der Waals surface area contributed by atoms with E-state index in [0.29, 0.717) is 12.3 Å². The fourth-order valence-electron chi connectivity index (χ4n) is 1.85. The Kier molecular flexibility index (Phi) is 2.68. The number of esters is 1. The van der Waals surface area contributed by atoms with Crippen molar-refractivity contribution >= 4 is 11.9 Å². The van der Waals surface area contributed by atoms with Crippen LogP contribution in [0, 0.1) is 0 Å². The van der Waals surface area contributed by atoms with Crippen LogP contribution in [-0.4, -0.2) is 17.9 Å². The predicted molar refractivity (Wildman–Crippen MR) is 65.3 cm³/mol. The fraction of sp³-hybridized carbons (Fsp3) is 0.143. The van der Waals surface area contributed by atoms with Crippen molar-refractivity contribution in [1.82, 2.24) is 0 Å². The SMILES string of the molecule is O=C1OC(c2ccccc2)=NC1Cc1ccco1. The Bertz CT molecular complexity index is 572. The zero-order valence-electron chi connectivity index (χ0n) is 9.58. The molecule has 4 nitrogen and oxygen atoms in total. The molecule has 0 saturated carbocycles. The van der Waals surface area contributed by atoms with Gasteiger partial charge in [-0.05, 0) is 24.3 Å². The molecule has 0 fully saturated rings. The summed E-state index contributed by atoms with van der Waals surface area (Å²) in [4.78, 5) is 16.0. The summed E-state index contributed by atoms with van der Waals surface area (Å²) in [5, 5.41) is 0. The second kappa shape index (κ2) is 4.49. The van der Waals surface area contributed by atoms with Gasteiger partial charge in [-0.25, -0.2) is 9.79 Å². The van der Waals surface area contributed by atoms with E-state index in [0.717, 1.165) is 11.3 Å². The molecule has 0 radical (unpaired) electrons. The van der Waals surface area contributed by atoms with Gasteiger partial charge in [-0.2, -0.15) is 0 Å². The van der Waals surface area contributed by atoms with Gasteiger partial charge in [-0.3, -0.25) is 0 Å². The van der Waals surface area contributed by atoms with Gasteiger partial charge in [0.2, 0.25) is 5.90 Å². The van der Waals surface area contributed by atoms with Gasteiger partial charge < -0.3 is 9.15 Å². The Morgan fingerprint density at radius 1 is 1.11 bits per heavy atom. The highest BCUT2D eigenvalue weighted by molar-refractivity contribution is 6.06. The van der Waals surface area contributed by atoms with Crippen molar-refractivity contribution < 1.29 is 13.9 Å². The first-order valence-electron chi connectivity index (χ1n) is 5.70. The predicted octanol–water partition coefficient (Wildman–Crippen LogP) is 2.19. The van der Waals surface area contributed by atoms with E-state index in [4.69, 9.17) is 9.15 Å². The van der Waals surface area contributed by atoms with E-state index >= 15 is 0 Å². The van der Waals surface area contributed by atoms with Crippen molar-refractivity contribution in [2.45, 2.75) is 12.5 Å². The van der Waals surface area contributed by atoms with Gasteiger partial charge in [0.1, 0.15) is 5.76 Å². The first-order valence-corrected chi connectivity index (χ1v) is 5.70. The van der Waals surface area contributed by atoms with Crippen LogP contribution in [0.3, 0.4) is 0 Å². The van der Waals surface area contributed by atoms with Gasteiger partial charge in [0.05, 0.1) is 6.26 Å². The Hall–Kier alpha value is -2.36. The lowest BCUT2D eigenvalue weighted by Gasteiger charge is -1.99. The maximum absolute atomic E-state index is 11.7. The average molecular weight is 241 g/mol. The molecule has 0 bridgehead atoms. The van der Waals surface area contributed by atoms with Gasteiger partial charge in [0.15, 0.2) is 6.04 Å². The third-order valence-electron chi connectivity index (χ3n) is 2.74. The number of carbonyl (C=O) groups excluding carboxylic acids is 1. The van der Waals surface area contributed by atoms with Crippen LogP contribution in [0.4, 0.5) is 0 Å². The Labute approximate surface area is 104 Å². The molecule has 0 spiro atoms. The van der Waals surface area contributed by atoms with Crippen molar-refractivity contribution in [1.29, 1.82) is 0 Å². The Morgan fingerprint density at radius 3 is 2.67 bits per heavy atom. The number of aliphatic imine (C=N–C) groups is 1. The number of ether oxygens (including phenoxy) is 1. The molecule has 1 atom stereocenters. The number of rotatable bonds is 3. The average Bonchev–Trinajstić information content (AvgIpc) is 3.02. The molecular formula is C14H11NO3. The number of hydrogen-bond donors (Lipinski definition) is 0. The highest BCUT2D eigenvalue weighted by Gasteiger charge is 2.30. The molecule has 0 amide bonds. The molecule has 1 aromatic heterocycles. The maximum Gasteiger partial charge on any atom is 0.338 e. The number of carbonyl (C=O) groups is 1. The van der Waals surface area contributed by atoms with E-state index in [1.165, 1.54) is 0 Å². The summed E-state index contributed by atoms with van der Waals surface area (Å²) in [5.41, 5.74) is 0.813. The molecule has 0 N–H and O–H groups in total. The summed E-state index contributed by atoms with van der Waals surface area (Å²) in [6, 6.07) is 12.5. The van der Waals surface area contributed by atoms with E-state index in [1.807, 2.05) is 36.4 Å². The molecule has 90 valence electrons. The van der Waals surface area contributed by atoms with Crippen LogP contribution >= 0.6 is 0 Å². The zero-order valence-corrected chi connectivity index (χ0v) is 9.58. The third-order valence-corrected chi connectivity index (χ3v) is 2.74. The van der Waals surface area contributed by atoms with Gasteiger partial charge in [0.25, 0.3) is 0 Å². The second-order valence-electron chi connectivity index (χ2n) is 4.02. The van der Waals surface area contributed by atoms with Gasteiger partial charge in [-0.1, -0.05) is 18.2 Å². The largest absolute Gasteiger partial charge is 0.469 e. The summed E-state index contributed by atoms with van der Waals surface area (Å²) in [7, 11) is 0. The number of nitrogens with zero attached hydrogens (tertiary/aromatic N) is 1. The minimum Gasteiger partial charge on any atom is -0.469 e. The van der Waals surface area contributed by atoms with Crippen molar-refractivity contribution in [3.8, 4) is 0 Å². The Balaban J connectivity index is 1.81. The van der Waals surface area contributed by atoms with Gasteiger partial charge >= 0.3 is 5.97 Å². The van der Waals surface area contributed by atoms with Crippen LogP contribution in [0.2, 0.25) is 0 Å². The second-order valence-corrected chi connectivity index (χ2v) is 4.02. The van der Waals surface area contributed by atoms with Crippen LogP contribution < -0.4 is 0 Å². The van der Waals surface area contributed by atoms with Gasteiger partial charge in [-0.15, -0.1) is 0 Å². The molecule has 3 rings (SSSR count). The van der Waals surface area contributed by atoms with Crippen molar-refractivity contribution in [3.63, 3.8) is 0 Å². The molecular weight excluding hydrogens is 230 g/mol. The quantitative estimate of drug-likeness (QED) is 0.774. The van der Waals surface area contributed by atoms with Crippen LogP contribution in [0.5, 0.6) is 0 Å². The lowest BCUT2D eigenvalue weighted by molar-refractivity contribution is -0.135. The normalized spacial score (nSPS) is 18.6. The first-order chi connectivity index (χ1) is 8.83. The molecule has 0 saturated heterocycles. The smallest absolute Gasteiger partial charge is 0.338 e. The Morgan fingerprint density at radius 2 is 1.94 bits per heavy atom. The molecule has 2 aromatic rings. The van der Waals surface area contributed by atoms with Crippen LogP contribution in [0.25, 0.3) is 0 Å². The summed E-state index contributed by atoms with van der Waals surface area (Å²) >= 11 is 0. The molecule has 18 heavy (non-hydrogen) atoms. The minimum atomic E-state index is -0.508. The number of hydrogen-bond acceptors (Lipinski definition) is 4. The molecule has 2 heterocycles. The molecule has 1 unspecified atom stereocenters. The fourth-order valence-corrected chi connectivity index (χ4v) is 1.85. The lowest BCUT2D eigenvalue weighted by atomic mass is 10.2. The highest BCUT2D eigenvalue weighted by Crippen LogP contribution is 2.17. The van der Waals surface area contributed by atoms with E-state index < -0.39 is 6.04 Å². The van der Waals surface area contributed by atoms with E-state index in [9.17, 15) is 4.79 Å². The number of cyclic esters (lactones) is 1.